The van der Waals surface area contributed by atoms with Crippen LogP contribution in [-0.4, -0.2) is 5.51 Å². The smallest absolute Gasteiger partial charge is 0.206 e. The second kappa shape index (κ2) is 4.73. The summed E-state index contributed by atoms with van der Waals surface area (Å²) in [6.07, 6.45) is 0. The summed E-state index contributed by atoms with van der Waals surface area (Å²) in [7, 11) is 0. The molecule has 0 N–H and O–H groups in total. The van der Waals surface area contributed by atoms with Crippen molar-refractivity contribution in [3.8, 4) is 0 Å². The molecule has 7 heteroatoms. The molecule has 0 radical (unpaired) electrons. The highest BCUT2D eigenvalue weighted by Crippen LogP contribution is 2.40. The first-order chi connectivity index (χ1) is 6.29. The van der Waals surface area contributed by atoms with Crippen LogP contribution in [-0.2, 0) is 0 Å². The average Bonchev–Trinajstić information content (AvgIpc) is 1.95. The summed E-state index contributed by atoms with van der Waals surface area (Å²) >= 11 is 3.11. The highest BCUT2D eigenvalue weighted by atomic mass is 127. The summed E-state index contributed by atoms with van der Waals surface area (Å²) in [5, 5.41) is 0. The minimum Gasteiger partial charge on any atom is -0.206 e. The number of rotatable bonds is 1. The zero-order valence-electron chi connectivity index (χ0n) is 6.33. The Morgan fingerprint density at radius 1 is 1.14 bits per heavy atom. The standard InChI is InChI=1S/C7H2F4I2S/c8-4-1-3(12)2-5(13)6(4)14-7(9,10)11/h1-2H. The van der Waals surface area contributed by atoms with E-state index in [0.717, 1.165) is 6.07 Å². The molecule has 0 aliphatic carbocycles. The highest BCUT2D eigenvalue weighted by Gasteiger charge is 2.31. The third-order valence-corrected chi connectivity index (χ3v) is 3.87. The molecule has 0 atom stereocenters. The van der Waals surface area contributed by atoms with E-state index in [-0.39, 0.29) is 8.47 Å². The minimum atomic E-state index is -4.45. The molecule has 0 nitrogen and oxygen atoms in total. The van der Waals surface area contributed by atoms with Crippen molar-refractivity contribution >= 4 is 56.9 Å². The van der Waals surface area contributed by atoms with Gasteiger partial charge in [-0.25, -0.2) is 4.39 Å². The Bertz CT molecular complexity index is 327. The SMILES string of the molecule is Fc1cc(I)cc(I)c1SC(F)(F)F. The lowest BCUT2D eigenvalue weighted by Gasteiger charge is -2.08. The van der Waals surface area contributed by atoms with Gasteiger partial charge in [-0.2, -0.15) is 13.2 Å². The third kappa shape index (κ3) is 3.72. The van der Waals surface area contributed by atoms with Gasteiger partial charge in [0.2, 0.25) is 0 Å². The molecule has 1 aromatic rings. The molecule has 0 spiro atoms. The molecule has 78 valence electrons. The Morgan fingerprint density at radius 2 is 1.71 bits per heavy atom. The summed E-state index contributed by atoms with van der Waals surface area (Å²) in [6.45, 7) is 0. The van der Waals surface area contributed by atoms with Crippen LogP contribution >= 0.6 is 56.9 Å². The first-order valence-corrected chi connectivity index (χ1v) is 6.17. The third-order valence-electron chi connectivity index (χ3n) is 1.18. The monoisotopic (exact) mass is 448 g/mol. The van der Waals surface area contributed by atoms with Crippen LogP contribution in [0.15, 0.2) is 17.0 Å². The molecule has 0 aliphatic heterocycles. The molecule has 1 rings (SSSR count). The zero-order chi connectivity index (χ0) is 10.9. The van der Waals surface area contributed by atoms with E-state index in [1.54, 1.807) is 22.6 Å². The number of thioether (sulfide) groups is 1. The van der Waals surface area contributed by atoms with Crippen molar-refractivity contribution in [2.75, 3.05) is 0 Å². The largest absolute Gasteiger partial charge is 0.446 e. The molecule has 0 saturated heterocycles. The maximum Gasteiger partial charge on any atom is 0.446 e. The van der Waals surface area contributed by atoms with E-state index in [2.05, 4.69) is 0 Å². The first-order valence-electron chi connectivity index (χ1n) is 3.20. The quantitative estimate of drug-likeness (QED) is 0.343. The minimum absolute atomic E-state index is 0.273. The topological polar surface area (TPSA) is 0 Å². The lowest BCUT2D eigenvalue weighted by atomic mass is 10.3. The van der Waals surface area contributed by atoms with Gasteiger partial charge in [-0.1, -0.05) is 0 Å². The molecular weight excluding hydrogens is 446 g/mol. The molecule has 0 amide bonds. The van der Waals surface area contributed by atoms with Crippen molar-refractivity contribution < 1.29 is 17.6 Å². The van der Waals surface area contributed by atoms with Crippen LogP contribution in [0.3, 0.4) is 0 Å². The van der Waals surface area contributed by atoms with Gasteiger partial charge in [0.15, 0.2) is 0 Å². The van der Waals surface area contributed by atoms with Crippen LogP contribution < -0.4 is 0 Å². The summed E-state index contributed by atoms with van der Waals surface area (Å²) in [4.78, 5) is -0.362. The van der Waals surface area contributed by atoms with E-state index in [1.165, 1.54) is 6.07 Å². The normalized spacial score (nSPS) is 11.9. The van der Waals surface area contributed by atoms with E-state index in [4.69, 9.17) is 0 Å². The second-order valence-corrected chi connectivity index (χ2v) is 5.73. The van der Waals surface area contributed by atoms with Gasteiger partial charge in [0, 0.05) is 7.14 Å². The number of hydrogen-bond acceptors (Lipinski definition) is 1. The fraction of sp³-hybridized carbons (Fsp3) is 0.143. The van der Waals surface area contributed by atoms with Crippen molar-refractivity contribution in [1.29, 1.82) is 0 Å². The van der Waals surface area contributed by atoms with Gasteiger partial charge in [-0.05, 0) is 69.1 Å². The zero-order valence-corrected chi connectivity index (χ0v) is 11.5. The number of hydrogen-bond donors (Lipinski definition) is 0. The Balaban J connectivity index is 3.09. The predicted molar refractivity (Wildman–Crippen MR) is 63.7 cm³/mol. The van der Waals surface area contributed by atoms with Crippen LogP contribution in [0.1, 0.15) is 0 Å². The molecule has 0 saturated carbocycles. The van der Waals surface area contributed by atoms with Crippen LogP contribution in [0.4, 0.5) is 17.6 Å². The van der Waals surface area contributed by atoms with Crippen molar-refractivity contribution in [3.63, 3.8) is 0 Å². The summed E-state index contributed by atoms with van der Waals surface area (Å²) in [5.41, 5.74) is -4.45. The maximum atomic E-state index is 13.1. The molecule has 1 aromatic carbocycles. The van der Waals surface area contributed by atoms with Crippen LogP contribution in [0.25, 0.3) is 0 Å². The molecular formula is C7H2F4I2S. The van der Waals surface area contributed by atoms with Gasteiger partial charge >= 0.3 is 5.51 Å². The van der Waals surface area contributed by atoms with Crippen molar-refractivity contribution in [2.24, 2.45) is 0 Å². The van der Waals surface area contributed by atoms with E-state index < -0.39 is 23.1 Å². The van der Waals surface area contributed by atoms with E-state index >= 15 is 0 Å². The summed E-state index contributed by atoms with van der Waals surface area (Å²) < 4.78 is 49.9. The van der Waals surface area contributed by atoms with E-state index in [9.17, 15) is 17.6 Å². The first kappa shape index (κ1) is 12.8. The van der Waals surface area contributed by atoms with E-state index in [1.807, 2.05) is 22.6 Å². The summed E-state index contributed by atoms with van der Waals surface area (Å²) in [6, 6.07) is 2.58. The molecule has 0 heterocycles. The van der Waals surface area contributed by atoms with Crippen LogP contribution in [0.5, 0.6) is 0 Å². The number of halogens is 6. The fourth-order valence-corrected chi connectivity index (χ4v) is 3.39. The summed E-state index contributed by atoms with van der Waals surface area (Å²) in [5.74, 6) is -0.830. The van der Waals surface area contributed by atoms with Gasteiger partial charge in [0.05, 0.1) is 4.90 Å². The molecule has 14 heavy (non-hydrogen) atoms. The Morgan fingerprint density at radius 3 is 2.14 bits per heavy atom. The van der Waals surface area contributed by atoms with E-state index in [0.29, 0.717) is 3.57 Å². The fourth-order valence-electron chi connectivity index (χ4n) is 0.742. The number of alkyl halides is 3. The van der Waals surface area contributed by atoms with Gasteiger partial charge in [-0.3, -0.25) is 0 Å². The van der Waals surface area contributed by atoms with Gasteiger partial charge in [0.1, 0.15) is 5.82 Å². The Labute approximate surface area is 109 Å². The molecule has 0 aromatic heterocycles. The van der Waals surface area contributed by atoms with Gasteiger partial charge in [-0.15, -0.1) is 0 Å². The second-order valence-electron chi connectivity index (χ2n) is 2.25. The molecule has 0 unspecified atom stereocenters. The van der Waals surface area contributed by atoms with Gasteiger partial charge < -0.3 is 0 Å². The van der Waals surface area contributed by atoms with Crippen molar-refractivity contribution in [3.05, 3.63) is 25.1 Å². The predicted octanol–water partition coefficient (Wildman–Crippen LogP) is 4.65. The molecule has 0 bridgehead atoms. The Kier molecular flexibility index (Phi) is 4.33. The van der Waals surface area contributed by atoms with Crippen molar-refractivity contribution in [1.82, 2.24) is 0 Å². The lowest BCUT2D eigenvalue weighted by Crippen LogP contribution is -2.02. The Hall–Kier alpha value is 0.750. The maximum absolute atomic E-state index is 13.1. The highest BCUT2D eigenvalue weighted by molar-refractivity contribution is 14.1. The average molecular weight is 448 g/mol. The van der Waals surface area contributed by atoms with Gasteiger partial charge in [0.25, 0.3) is 0 Å². The number of benzene rings is 1. The van der Waals surface area contributed by atoms with Crippen molar-refractivity contribution in [2.45, 2.75) is 10.4 Å². The van der Waals surface area contributed by atoms with Crippen LogP contribution in [0, 0.1) is 13.0 Å². The lowest BCUT2D eigenvalue weighted by molar-refractivity contribution is -0.0329. The van der Waals surface area contributed by atoms with Crippen LogP contribution in [0.2, 0.25) is 0 Å². The molecule has 0 fully saturated rings. The molecule has 0 aliphatic rings.